The third kappa shape index (κ3) is 7.33. The molecule has 0 fully saturated rings. The molecule has 3 rings (SSSR count). The normalized spacial score (nSPS) is 12.2. The van der Waals surface area contributed by atoms with E-state index in [-0.39, 0.29) is 25.6 Å². The second-order valence-electron chi connectivity index (χ2n) is 8.40. The Morgan fingerprint density at radius 1 is 1.11 bits per heavy atom. The summed E-state index contributed by atoms with van der Waals surface area (Å²) in [6.45, 7) is 2.86. The molecule has 0 aliphatic rings. The molecule has 1 aromatic heterocycles. The number of aromatic nitrogens is 1. The van der Waals surface area contributed by atoms with Crippen molar-refractivity contribution in [3.05, 3.63) is 71.1 Å². The first-order valence-corrected chi connectivity index (χ1v) is 12.9. The zero-order valence-corrected chi connectivity index (χ0v) is 22.1. The lowest BCUT2D eigenvalue weighted by Gasteiger charge is -2.24. The third-order valence-electron chi connectivity index (χ3n) is 5.38. The number of esters is 1. The summed E-state index contributed by atoms with van der Waals surface area (Å²) >= 11 is 0. The van der Waals surface area contributed by atoms with E-state index in [4.69, 9.17) is 13.9 Å². The van der Waals surface area contributed by atoms with Crippen molar-refractivity contribution < 1.29 is 40.3 Å². The summed E-state index contributed by atoms with van der Waals surface area (Å²) in [4.78, 5) is 16.3. The van der Waals surface area contributed by atoms with E-state index in [1.54, 1.807) is 38.1 Å². The summed E-state index contributed by atoms with van der Waals surface area (Å²) in [6, 6.07) is 11.2. The lowest BCUT2D eigenvalue weighted by Crippen LogP contribution is -2.42. The number of aryl methyl sites for hydroxylation is 1. The predicted octanol–water partition coefficient (Wildman–Crippen LogP) is 4.42. The topological polar surface area (TPSA) is 102 Å². The molecule has 0 spiro atoms. The highest BCUT2D eigenvalue weighted by molar-refractivity contribution is 7.86. The van der Waals surface area contributed by atoms with E-state index in [9.17, 15) is 26.4 Å². The molecular weight excluding hydrogens is 527 g/mol. The molecule has 13 heteroatoms. The van der Waals surface area contributed by atoms with Crippen molar-refractivity contribution in [3.8, 4) is 17.2 Å². The van der Waals surface area contributed by atoms with Crippen LogP contribution < -0.4 is 4.74 Å². The molecule has 0 unspecified atom stereocenters. The van der Waals surface area contributed by atoms with Crippen molar-refractivity contribution in [3.63, 3.8) is 0 Å². The van der Waals surface area contributed by atoms with E-state index >= 15 is 0 Å². The molecule has 0 saturated heterocycles. The number of ether oxygens (including phenoxy) is 2. The third-order valence-corrected chi connectivity index (χ3v) is 7.21. The van der Waals surface area contributed by atoms with Crippen molar-refractivity contribution in [1.82, 2.24) is 13.6 Å². The molecular formula is C25H28F3N3O6S. The van der Waals surface area contributed by atoms with Crippen LogP contribution in [0.15, 0.2) is 52.9 Å². The number of carbonyl (C=O) groups is 1. The first-order valence-electron chi connectivity index (χ1n) is 11.5. The fourth-order valence-electron chi connectivity index (χ4n) is 3.37. The fraction of sp³-hybridized carbons (Fsp3) is 0.360. The Morgan fingerprint density at radius 3 is 2.39 bits per heavy atom. The molecule has 38 heavy (non-hydrogen) atoms. The minimum Gasteiger partial charge on any atom is -0.486 e. The SMILES string of the molecule is CCOC(=O)CN(Cc1cccc(OCc2oc(-c3ccc(C(F)(F)F)cc3)nc2C)c1)S(=O)(=O)N(C)C. The molecule has 0 saturated carbocycles. The summed E-state index contributed by atoms with van der Waals surface area (Å²) in [5, 5.41) is 0. The van der Waals surface area contributed by atoms with Crippen LogP contribution in [-0.2, 0) is 39.1 Å². The number of hydrogen-bond donors (Lipinski definition) is 0. The Hall–Kier alpha value is -3.42. The van der Waals surface area contributed by atoms with Gasteiger partial charge in [0.15, 0.2) is 5.76 Å². The van der Waals surface area contributed by atoms with Gasteiger partial charge in [-0.1, -0.05) is 12.1 Å². The molecule has 9 nitrogen and oxygen atoms in total. The van der Waals surface area contributed by atoms with Crippen LogP contribution in [0.1, 0.15) is 29.5 Å². The van der Waals surface area contributed by atoms with E-state index < -0.39 is 34.5 Å². The first kappa shape index (κ1) is 29.1. The number of carbonyl (C=O) groups excluding carboxylic acids is 1. The van der Waals surface area contributed by atoms with Gasteiger partial charge in [-0.05, 0) is 55.8 Å². The molecule has 0 bridgehead atoms. The monoisotopic (exact) mass is 555 g/mol. The Balaban J connectivity index is 1.72. The molecule has 0 radical (unpaired) electrons. The average molecular weight is 556 g/mol. The molecule has 0 amide bonds. The van der Waals surface area contributed by atoms with Crippen molar-refractivity contribution >= 4 is 16.2 Å². The fourth-order valence-corrected chi connectivity index (χ4v) is 4.42. The second-order valence-corrected chi connectivity index (χ2v) is 10.5. The van der Waals surface area contributed by atoms with Gasteiger partial charge < -0.3 is 13.9 Å². The lowest BCUT2D eigenvalue weighted by atomic mass is 10.1. The zero-order chi connectivity index (χ0) is 28.1. The smallest absolute Gasteiger partial charge is 0.416 e. The molecule has 206 valence electrons. The molecule has 1 heterocycles. The lowest BCUT2D eigenvalue weighted by molar-refractivity contribution is -0.143. The van der Waals surface area contributed by atoms with Gasteiger partial charge in [0.2, 0.25) is 5.89 Å². The van der Waals surface area contributed by atoms with E-state index in [0.717, 1.165) is 20.7 Å². The number of rotatable bonds is 11. The Kier molecular flexibility index (Phi) is 9.18. The standard InChI is InChI=1S/C25H28F3N3O6S/c1-5-35-23(32)15-31(38(33,34)30(3)4)14-18-7-6-8-21(13-18)36-16-22-17(2)29-24(37-22)19-9-11-20(12-10-19)25(26,27)28/h6-13H,5,14-16H2,1-4H3. The van der Waals surface area contributed by atoms with Crippen molar-refractivity contribution in [2.24, 2.45) is 0 Å². The van der Waals surface area contributed by atoms with Crippen molar-refractivity contribution in [1.29, 1.82) is 0 Å². The van der Waals surface area contributed by atoms with E-state index in [1.165, 1.54) is 26.2 Å². The highest BCUT2D eigenvalue weighted by atomic mass is 32.2. The maximum Gasteiger partial charge on any atom is 0.416 e. The van der Waals surface area contributed by atoms with Crippen LogP contribution in [0.2, 0.25) is 0 Å². The van der Waals surface area contributed by atoms with Gasteiger partial charge in [-0.25, -0.2) is 4.98 Å². The van der Waals surface area contributed by atoms with Gasteiger partial charge in [0.05, 0.1) is 17.9 Å². The number of halogens is 3. The van der Waals surface area contributed by atoms with Gasteiger partial charge in [0.1, 0.15) is 18.9 Å². The van der Waals surface area contributed by atoms with Crippen LogP contribution in [0.25, 0.3) is 11.5 Å². The molecule has 2 aromatic carbocycles. The van der Waals surface area contributed by atoms with Crippen molar-refractivity contribution in [2.75, 3.05) is 27.2 Å². The second kappa shape index (κ2) is 12.0. The van der Waals surface area contributed by atoms with Crippen molar-refractivity contribution in [2.45, 2.75) is 33.2 Å². The van der Waals surface area contributed by atoms with Gasteiger partial charge in [-0.2, -0.15) is 30.2 Å². The quantitative estimate of drug-likeness (QED) is 0.323. The number of hydrogen-bond acceptors (Lipinski definition) is 7. The summed E-state index contributed by atoms with van der Waals surface area (Å²) in [5.41, 5.74) is 0.691. The van der Waals surface area contributed by atoms with Gasteiger partial charge in [0.25, 0.3) is 10.2 Å². The highest BCUT2D eigenvalue weighted by Crippen LogP contribution is 2.31. The number of nitrogens with zero attached hydrogens (tertiary/aromatic N) is 3. The number of benzene rings is 2. The summed E-state index contributed by atoms with van der Waals surface area (Å²) in [5.74, 6) is 0.277. The number of oxazole rings is 1. The largest absolute Gasteiger partial charge is 0.486 e. The average Bonchev–Trinajstić information content (AvgIpc) is 3.22. The van der Waals surface area contributed by atoms with Gasteiger partial charge >= 0.3 is 12.1 Å². The van der Waals surface area contributed by atoms with Crippen LogP contribution in [0.3, 0.4) is 0 Å². The van der Waals surface area contributed by atoms with Crippen LogP contribution in [0.5, 0.6) is 5.75 Å². The first-order chi connectivity index (χ1) is 17.8. The summed E-state index contributed by atoms with van der Waals surface area (Å²) in [7, 11) is -1.19. The van der Waals surface area contributed by atoms with Crippen LogP contribution >= 0.6 is 0 Å². The summed E-state index contributed by atoms with van der Waals surface area (Å²) < 4.78 is 82.4. The van der Waals surface area contributed by atoms with E-state index in [2.05, 4.69) is 4.98 Å². The van der Waals surface area contributed by atoms with E-state index in [1.807, 2.05) is 0 Å². The van der Waals surface area contributed by atoms with Crippen LogP contribution in [0.4, 0.5) is 13.2 Å². The highest BCUT2D eigenvalue weighted by Gasteiger charge is 2.30. The van der Waals surface area contributed by atoms with Gasteiger partial charge in [-0.3, -0.25) is 4.79 Å². The molecule has 0 aliphatic carbocycles. The zero-order valence-electron chi connectivity index (χ0n) is 21.3. The Labute approximate surface area is 219 Å². The van der Waals surface area contributed by atoms with Crippen LogP contribution in [0, 0.1) is 6.92 Å². The Morgan fingerprint density at radius 2 is 1.79 bits per heavy atom. The maximum atomic E-state index is 12.8. The molecule has 0 N–H and O–H groups in total. The number of alkyl halides is 3. The molecule has 0 atom stereocenters. The van der Waals surface area contributed by atoms with Gasteiger partial charge in [0, 0.05) is 26.2 Å². The Bertz CT molecular complexity index is 1360. The molecule has 0 aliphatic heterocycles. The predicted molar refractivity (Wildman–Crippen MR) is 132 cm³/mol. The minimum absolute atomic E-state index is 0.0224. The maximum absolute atomic E-state index is 12.8. The minimum atomic E-state index is -4.44. The van der Waals surface area contributed by atoms with Gasteiger partial charge in [-0.15, -0.1) is 0 Å². The summed E-state index contributed by atoms with van der Waals surface area (Å²) in [6.07, 6.45) is -4.44. The molecule has 3 aromatic rings. The van der Waals surface area contributed by atoms with E-state index in [0.29, 0.717) is 28.3 Å². The van der Waals surface area contributed by atoms with Crippen LogP contribution in [-0.4, -0.2) is 55.2 Å².